The monoisotopic (exact) mass is 270 g/mol. The molecule has 4 rings (SSSR count). The molecule has 1 saturated heterocycles. The Balaban J connectivity index is 1.66. The van der Waals surface area contributed by atoms with E-state index in [-0.39, 0.29) is 12.1 Å². The molecule has 3 aliphatic rings. The summed E-state index contributed by atoms with van der Waals surface area (Å²) in [4.78, 5) is 14.6. The first-order chi connectivity index (χ1) is 9.74. The smallest absolute Gasteiger partial charge is 0.238 e. The average molecular weight is 270 g/mol. The Kier molecular flexibility index (Phi) is 2.84. The van der Waals surface area contributed by atoms with E-state index in [9.17, 15) is 4.79 Å². The van der Waals surface area contributed by atoms with Crippen LogP contribution in [0.2, 0.25) is 0 Å². The molecule has 1 N–H and O–H groups in total. The Morgan fingerprint density at radius 3 is 2.75 bits per heavy atom. The van der Waals surface area contributed by atoms with Gasteiger partial charge in [0.25, 0.3) is 0 Å². The van der Waals surface area contributed by atoms with E-state index in [2.05, 4.69) is 41.4 Å². The lowest BCUT2D eigenvalue weighted by atomic mass is 9.93. The van der Waals surface area contributed by atoms with E-state index in [1.165, 1.54) is 36.8 Å². The number of amides is 1. The van der Waals surface area contributed by atoms with Crippen molar-refractivity contribution in [3.05, 3.63) is 35.4 Å². The minimum atomic E-state index is 0.0908. The number of nitrogens with zero attached hydrogens (tertiary/aromatic N) is 1. The Hall–Kier alpha value is -1.35. The van der Waals surface area contributed by atoms with E-state index >= 15 is 0 Å². The maximum absolute atomic E-state index is 12.4. The maximum Gasteiger partial charge on any atom is 0.238 e. The molecule has 106 valence electrons. The molecule has 3 heteroatoms. The number of fused-ring (bicyclic) bond motifs is 2. The van der Waals surface area contributed by atoms with Gasteiger partial charge in [-0.3, -0.25) is 10.1 Å². The number of hydrogen-bond acceptors (Lipinski definition) is 2. The van der Waals surface area contributed by atoms with Gasteiger partial charge in [0.15, 0.2) is 0 Å². The molecule has 4 unspecified atom stereocenters. The van der Waals surface area contributed by atoms with Gasteiger partial charge in [0, 0.05) is 6.04 Å². The van der Waals surface area contributed by atoms with Gasteiger partial charge < -0.3 is 4.90 Å². The Morgan fingerprint density at radius 1 is 1.20 bits per heavy atom. The highest BCUT2D eigenvalue weighted by Crippen LogP contribution is 2.48. The van der Waals surface area contributed by atoms with Crippen molar-refractivity contribution in [2.45, 2.75) is 44.8 Å². The summed E-state index contributed by atoms with van der Waals surface area (Å²) >= 11 is 0. The number of carbonyl (C=O) groups excluding carboxylic acids is 1. The van der Waals surface area contributed by atoms with Crippen LogP contribution in [-0.2, 0) is 4.79 Å². The average Bonchev–Trinajstić information content (AvgIpc) is 3.14. The summed E-state index contributed by atoms with van der Waals surface area (Å²) in [5.41, 5.74) is 2.54. The second-order valence-electron chi connectivity index (χ2n) is 6.68. The number of hydrogen-bond donors (Lipinski definition) is 1. The number of rotatable bonds is 2. The van der Waals surface area contributed by atoms with Crippen LogP contribution >= 0.6 is 0 Å². The molecule has 4 atom stereocenters. The van der Waals surface area contributed by atoms with Gasteiger partial charge in [0.1, 0.15) is 6.17 Å². The zero-order valence-electron chi connectivity index (χ0n) is 12.0. The van der Waals surface area contributed by atoms with Crippen LogP contribution in [0.5, 0.6) is 0 Å². The molecule has 1 heterocycles. The van der Waals surface area contributed by atoms with Crippen molar-refractivity contribution >= 4 is 5.91 Å². The molecule has 2 bridgehead atoms. The molecule has 0 aromatic heterocycles. The molecule has 1 aromatic carbocycles. The Morgan fingerprint density at radius 2 is 2.05 bits per heavy atom. The standard InChI is InChI=1S/C17H22N2O/c1-11-4-2-3-5-14(11)17-18-10-16(20)19(17)15-9-12-6-7-13(15)8-12/h2-5,12-13,15,17-18H,6-10H2,1H3. The number of aryl methyl sites for hydroxylation is 1. The topological polar surface area (TPSA) is 32.3 Å². The van der Waals surface area contributed by atoms with Crippen molar-refractivity contribution in [3.63, 3.8) is 0 Å². The lowest BCUT2D eigenvalue weighted by Crippen LogP contribution is -2.42. The van der Waals surface area contributed by atoms with Crippen LogP contribution in [0.25, 0.3) is 0 Å². The quantitative estimate of drug-likeness (QED) is 0.896. The van der Waals surface area contributed by atoms with Crippen molar-refractivity contribution in [3.8, 4) is 0 Å². The lowest BCUT2D eigenvalue weighted by Gasteiger charge is -2.36. The molecule has 0 spiro atoms. The van der Waals surface area contributed by atoms with Crippen molar-refractivity contribution in [2.24, 2.45) is 11.8 Å². The van der Waals surface area contributed by atoms with Crippen molar-refractivity contribution in [1.82, 2.24) is 10.2 Å². The predicted octanol–water partition coefficient (Wildman–Crippen LogP) is 2.61. The maximum atomic E-state index is 12.4. The molecular formula is C17H22N2O. The molecular weight excluding hydrogens is 248 g/mol. The van der Waals surface area contributed by atoms with Gasteiger partial charge in [0.05, 0.1) is 6.54 Å². The van der Waals surface area contributed by atoms with E-state index in [1.807, 2.05) is 0 Å². The van der Waals surface area contributed by atoms with Crippen LogP contribution < -0.4 is 5.32 Å². The van der Waals surface area contributed by atoms with Gasteiger partial charge in [-0.1, -0.05) is 30.7 Å². The van der Waals surface area contributed by atoms with Crippen molar-refractivity contribution in [2.75, 3.05) is 6.54 Å². The van der Waals surface area contributed by atoms with Gasteiger partial charge in [0.2, 0.25) is 5.91 Å². The van der Waals surface area contributed by atoms with Gasteiger partial charge >= 0.3 is 0 Å². The van der Waals surface area contributed by atoms with Crippen LogP contribution in [0.3, 0.4) is 0 Å². The second kappa shape index (κ2) is 4.59. The fourth-order valence-corrected chi connectivity index (χ4v) is 4.60. The van der Waals surface area contributed by atoms with E-state index in [4.69, 9.17) is 0 Å². The third kappa shape index (κ3) is 1.80. The molecule has 2 saturated carbocycles. The summed E-state index contributed by atoms with van der Waals surface area (Å²) in [5.74, 6) is 1.90. The van der Waals surface area contributed by atoms with Gasteiger partial charge in [-0.2, -0.15) is 0 Å². The SMILES string of the molecule is Cc1ccccc1C1NCC(=O)N1C1CC2CCC1C2. The first kappa shape index (κ1) is 12.4. The molecule has 20 heavy (non-hydrogen) atoms. The summed E-state index contributed by atoms with van der Waals surface area (Å²) in [6.07, 6.45) is 5.36. The van der Waals surface area contributed by atoms with E-state index < -0.39 is 0 Å². The van der Waals surface area contributed by atoms with Gasteiger partial charge in [-0.15, -0.1) is 0 Å². The first-order valence-electron chi connectivity index (χ1n) is 7.84. The third-order valence-electron chi connectivity index (χ3n) is 5.55. The third-order valence-corrected chi connectivity index (χ3v) is 5.55. The van der Waals surface area contributed by atoms with Crippen LogP contribution in [0, 0.1) is 18.8 Å². The predicted molar refractivity (Wildman–Crippen MR) is 78.0 cm³/mol. The van der Waals surface area contributed by atoms with Crippen LogP contribution in [-0.4, -0.2) is 23.4 Å². The fraction of sp³-hybridized carbons (Fsp3) is 0.588. The molecule has 0 radical (unpaired) electrons. The van der Waals surface area contributed by atoms with Crippen molar-refractivity contribution in [1.29, 1.82) is 0 Å². The fourth-order valence-electron chi connectivity index (χ4n) is 4.60. The largest absolute Gasteiger partial charge is 0.319 e. The highest BCUT2D eigenvalue weighted by Gasteiger charge is 2.47. The Bertz CT molecular complexity index is 542. The molecule has 1 aliphatic heterocycles. The highest BCUT2D eigenvalue weighted by molar-refractivity contribution is 5.81. The van der Waals surface area contributed by atoms with Crippen LogP contribution in [0.1, 0.15) is 43.0 Å². The highest BCUT2D eigenvalue weighted by atomic mass is 16.2. The number of nitrogens with one attached hydrogen (secondary N) is 1. The Labute approximate surface area is 120 Å². The van der Waals surface area contributed by atoms with E-state index in [0.29, 0.717) is 12.6 Å². The molecule has 1 amide bonds. The normalized spacial score (nSPS) is 36.0. The molecule has 3 nitrogen and oxygen atoms in total. The molecule has 3 fully saturated rings. The summed E-state index contributed by atoms with van der Waals surface area (Å²) in [6, 6.07) is 8.91. The first-order valence-corrected chi connectivity index (χ1v) is 7.84. The molecule has 2 aliphatic carbocycles. The summed E-state index contributed by atoms with van der Waals surface area (Å²) < 4.78 is 0. The minimum absolute atomic E-state index is 0.0908. The number of carbonyl (C=O) groups is 1. The second-order valence-corrected chi connectivity index (χ2v) is 6.68. The van der Waals surface area contributed by atoms with Crippen LogP contribution in [0.15, 0.2) is 24.3 Å². The van der Waals surface area contributed by atoms with Gasteiger partial charge in [-0.05, 0) is 49.1 Å². The summed E-state index contributed by atoms with van der Waals surface area (Å²) in [5, 5.41) is 3.43. The lowest BCUT2D eigenvalue weighted by molar-refractivity contribution is -0.131. The summed E-state index contributed by atoms with van der Waals surface area (Å²) in [7, 11) is 0. The summed E-state index contributed by atoms with van der Waals surface area (Å²) in [6.45, 7) is 2.63. The van der Waals surface area contributed by atoms with Gasteiger partial charge in [-0.25, -0.2) is 0 Å². The van der Waals surface area contributed by atoms with E-state index in [1.54, 1.807) is 0 Å². The van der Waals surface area contributed by atoms with Crippen LogP contribution in [0.4, 0.5) is 0 Å². The molecule has 1 aromatic rings. The zero-order chi connectivity index (χ0) is 13.7. The van der Waals surface area contributed by atoms with E-state index in [0.717, 1.165) is 11.8 Å². The minimum Gasteiger partial charge on any atom is -0.319 e. The number of benzene rings is 1. The zero-order valence-corrected chi connectivity index (χ0v) is 12.0. The van der Waals surface area contributed by atoms with Crippen molar-refractivity contribution < 1.29 is 4.79 Å².